The number of rotatable bonds is 4. The largest absolute Gasteiger partial charge is 0.481 e. The maximum absolute atomic E-state index is 15.6. The number of nitrogens with one attached hydrogen (secondary N) is 2. The quantitative estimate of drug-likeness (QED) is 0.184. The number of aromatic nitrogens is 6. The molecule has 0 amide bonds. The van der Waals surface area contributed by atoms with E-state index in [1.54, 1.807) is 12.4 Å². The smallest absolute Gasteiger partial charge is 0.303 e. The van der Waals surface area contributed by atoms with Crippen LogP contribution >= 0.6 is 0 Å². The maximum atomic E-state index is 15.6. The Hall–Kier alpha value is -5.32. The Morgan fingerprint density at radius 2 is 1.98 bits per heavy atom. The number of hydrogen-bond acceptors (Lipinski definition) is 5. The maximum Gasteiger partial charge on any atom is 0.303 e. The number of carboxylic acid groups (broad SMARTS) is 1. The third kappa shape index (κ3) is 6.13. The summed E-state index contributed by atoms with van der Waals surface area (Å²) in [5, 5.41) is 18.9. The molecule has 3 aromatic heterocycles. The number of fused-ring (bicyclic) bond motifs is 10. The standard InChI is InChI=1S/C36H34F2N6O3/c1-36(23-6-2-5-22(17-23)9-12-33(45)46)14-3-7-24-21-44(43-42-24)16-4-8-27-26-13-15-39-31(26)19-30(38)34(27)47-25-10-11-29(37)28(18-25)35-40-20-32(36)41-35/h2,5-6,10-11,13,15,17-21,39H,3-4,7-9,12,14,16H2,1H3,(H,40,41)(H,45,46). The van der Waals surface area contributed by atoms with Crippen molar-refractivity contribution in [3.8, 4) is 22.9 Å². The van der Waals surface area contributed by atoms with Crippen molar-refractivity contribution in [2.24, 2.45) is 0 Å². The van der Waals surface area contributed by atoms with Crippen LogP contribution < -0.4 is 4.74 Å². The van der Waals surface area contributed by atoms with Crippen molar-refractivity contribution < 1.29 is 23.4 Å². The van der Waals surface area contributed by atoms with E-state index in [1.165, 1.54) is 24.3 Å². The van der Waals surface area contributed by atoms with E-state index in [2.05, 4.69) is 32.2 Å². The summed E-state index contributed by atoms with van der Waals surface area (Å²) in [6.45, 7) is 2.70. The van der Waals surface area contributed by atoms with E-state index < -0.39 is 23.0 Å². The van der Waals surface area contributed by atoms with Crippen LogP contribution in [0.2, 0.25) is 0 Å². The molecule has 1 atom stereocenters. The van der Waals surface area contributed by atoms with Crippen LogP contribution in [-0.2, 0) is 36.0 Å². The first-order valence-corrected chi connectivity index (χ1v) is 15.8. The van der Waals surface area contributed by atoms with E-state index in [4.69, 9.17) is 4.74 Å². The van der Waals surface area contributed by atoms with Gasteiger partial charge in [0.2, 0.25) is 0 Å². The Morgan fingerprint density at radius 3 is 2.85 bits per heavy atom. The van der Waals surface area contributed by atoms with Crippen molar-refractivity contribution in [2.45, 2.75) is 63.8 Å². The average molecular weight is 637 g/mol. The molecule has 11 heteroatoms. The second-order valence-corrected chi connectivity index (χ2v) is 12.4. The van der Waals surface area contributed by atoms with E-state index in [9.17, 15) is 9.90 Å². The van der Waals surface area contributed by atoms with Crippen molar-refractivity contribution >= 4 is 16.9 Å². The lowest BCUT2D eigenvalue weighted by Gasteiger charge is -2.30. The lowest BCUT2D eigenvalue weighted by atomic mass is 9.75. The number of carboxylic acids is 1. The van der Waals surface area contributed by atoms with Gasteiger partial charge in [0.1, 0.15) is 17.4 Å². The highest BCUT2D eigenvalue weighted by Crippen LogP contribution is 2.40. The number of nitrogens with zero attached hydrogens (tertiary/aromatic N) is 4. The molecule has 0 saturated carbocycles. The Labute approximate surface area is 269 Å². The Bertz CT molecular complexity index is 2080. The summed E-state index contributed by atoms with van der Waals surface area (Å²) >= 11 is 0. The van der Waals surface area contributed by atoms with Gasteiger partial charge in [-0.2, -0.15) is 0 Å². The molecule has 240 valence electrons. The van der Waals surface area contributed by atoms with E-state index in [-0.39, 0.29) is 23.5 Å². The van der Waals surface area contributed by atoms with Crippen LogP contribution in [0.5, 0.6) is 11.5 Å². The fourth-order valence-corrected chi connectivity index (χ4v) is 6.55. The predicted molar refractivity (Wildman–Crippen MR) is 172 cm³/mol. The Kier molecular flexibility index (Phi) is 8.05. The Balaban J connectivity index is 1.32. The fourth-order valence-electron chi connectivity index (χ4n) is 6.55. The first-order chi connectivity index (χ1) is 22.8. The zero-order valence-corrected chi connectivity index (χ0v) is 25.9. The van der Waals surface area contributed by atoms with Crippen LogP contribution in [-0.4, -0.2) is 41.0 Å². The van der Waals surface area contributed by atoms with Gasteiger partial charge in [0, 0.05) is 65.2 Å². The van der Waals surface area contributed by atoms with E-state index in [1.807, 2.05) is 41.2 Å². The van der Waals surface area contributed by atoms with Crippen LogP contribution in [0.25, 0.3) is 22.3 Å². The van der Waals surface area contributed by atoms with Gasteiger partial charge in [-0.1, -0.05) is 29.5 Å². The number of imidazole rings is 1. The van der Waals surface area contributed by atoms with Crippen LogP contribution in [0.3, 0.4) is 0 Å². The number of benzene rings is 3. The Morgan fingerprint density at radius 1 is 1.09 bits per heavy atom. The van der Waals surface area contributed by atoms with Crippen molar-refractivity contribution in [1.82, 2.24) is 29.9 Å². The molecule has 0 spiro atoms. The zero-order chi connectivity index (χ0) is 32.5. The number of aromatic amines is 2. The lowest BCUT2D eigenvalue weighted by molar-refractivity contribution is -0.136. The fraction of sp³-hybridized carbons (Fsp3) is 0.278. The monoisotopic (exact) mass is 636 g/mol. The van der Waals surface area contributed by atoms with Gasteiger partial charge in [-0.05, 0) is 80.8 Å². The van der Waals surface area contributed by atoms with Crippen molar-refractivity contribution in [3.63, 3.8) is 0 Å². The first kappa shape index (κ1) is 30.3. The zero-order valence-electron chi connectivity index (χ0n) is 25.9. The molecule has 0 fully saturated rings. The van der Waals surface area contributed by atoms with Crippen molar-refractivity contribution in [1.29, 1.82) is 0 Å². The molecule has 0 aliphatic carbocycles. The summed E-state index contributed by atoms with van der Waals surface area (Å²) < 4.78 is 39.0. The number of hydrogen-bond donors (Lipinski definition) is 3. The minimum atomic E-state index is -0.850. The SMILES string of the molecule is CC1(c2cccc(CCC(=O)O)c2)CCCc2cn(nn2)CCCc2c(c(F)cc3[nH]ccc23)Oc2ccc(F)c(c2)-c2ncc1[nH]2. The second-order valence-electron chi connectivity index (χ2n) is 12.4. The minimum Gasteiger partial charge on any atom is -0.481 e. The van der Waals surface area contributed by atoms with Gasteiger partial charge in [-0.25, -0.2) is 13.8 Å². The van der Waals surface area contributed by atoms with Crippen LogP contribution in [0.1, 0.15) is 60.7 Å². The molecule has 4 heterocycles. The van der Waals surface area contributed by atoms with E-state index in [0.717, 1.165) is 34.3 Å². The van der Waals surface area contributed by atoms with Crippen molar-refractivity contribution in [2.75, 3.05) is 0 Å². The molecule has 6 bridgehead atoms. The minimum absolute atomic E-state index is 0.0339. The number of H-pyrrole nitrogens is 2. The summed E-state index contributed by atoms with van der Waals surface area (Å²) in [4.78, 5) is 22.3. The highest BCUT2D eigenvalue weighted by Gasteiger charge is 2.32. The molecule has 6 aromatic rings. The summed E-state index contributed by atoms with van der Waals surface area (Å²) in [5.74, 6) is -1.16. The molecular weight excluding hydrogens is 602 g/mol. The van der Waals surface area contributed by atoms with Crippen LogP contribution in [0.4, 0.5) is 8.78 Å². The number of carbonyl (C=O) groups is 1. The molecule has 1 aliphatic heterocycles. The van der Waals surface area contributed by atoms with E-state index >= 15 is 8.78 Å². The number of aryl methyl sites for hydroxylation is 4. The van der Waals surface area contributed by atoms with Crippen molar-refractivity contribution in [3.05, 3.63) is 113 Å². The third-order valence-corrected chi connectivity index (χ3v) is 9.15. The van der Waals surface area contributed by atoms with Gasteiger partial charge >= 0.3 is 5.97 Å². The molecule has 0 saturated heterocycles. The lowest BCUT2D eigenvalue weighted by Crippen LogP contribution is -2.25. The molecule has 0 radical (unpaired) electrons. The van der Waals surface area contributed by atoms with Gasteiger partial charge in [-0.3, -0.25) is 9.48 Å². The summed E-state index contributed by atoms with van der Waals surface area (Å²) in [7, 11) is 0. The summed E-state index contributed by atoms with van der Waals surface area (Å²) in [5.41, 5.74) is 4.57. The normalized spacial score (nSPS) is 16.9. The topological polar surface area (TPSA) is 122 Å². The van der Waals surface area contributed by atoms with Gasteiger partial charge in [0.15, 0.2) is 11.6 Å². The predicted octanol–water partition coefficient (Wildman–Crippen LogP) is 7.51. The number of halogens is 2. The van der Waals surface area contributed by atoms with Gasteiger partial charge in [0.05, 0.1) is 11.3 Å². The van der Waals surface area contributed by atoms with Gasteiger partial charge < -0.3 is 19.8 Å². The highest BCUT2D eigenvalue weighted by atomic mass is 19.1. The van der Waals surface area contributed by atoms with E-state index in [0.29, 0.717) is 55.6 Å². The molecule has 47 heavy (non-hydrogen) atoms. The third-order valence-electron chi connectivity index (χ3n) is 9.15. The van der Waals surface area contributed by atoms with Crippen LogP contribution in [0, 0.1) is 11.6 Å². The second kappa shape index (κ2) is 12.5. The summed E-state index contributed by atoms with van der Waals surface area (Å²) in [6, 6.07) is 15.6. The molecular formula is C36H34F2N6O3. The molecule has 1 aliphatic rings. The molecule has 3 N–H and O–H groups in total. The van der Waals surface area contributed by atoms with Crippen LogP contribution in [0.15, 0.2) is 73.2 Å². The average Bonchev–Trinajstić information content (AvgIpc) is 3.84. The summed E-state index contributed by atoms with van der Waals surface area (Å²) in [6.07, 6.45) is 9.26. The number of ether oxygens (including phenoxy) is 1. The molecule has 1 unspecified atom stereocenters. The molecule has 7 rings (SSSR count). The number of aliphatic carboxylic acids is 1. The first-order valence-electron chi connectivity index (χ1n) is 15.8. The molecule has 3 aromatic carbocycles. The highest BCUT2D eigenvalue weighted by molar-refractivity contribution is 5.85. The van der Waals surface area contributed by atoms with Gasteiger partial charge in [0.25, 0.3) is 0 Å². The van der Waals surface area contributed by atoms with Gasteiger partial charge in [-0.15, -0.1) is 5.10 Å². The molecule has 9 nitrogen and oxygen atoms in total.